The summed E-state index contributed by atoms with van der Waals surface area (Å²) < 4.78 is 0. The summed E-state index contributed by atoms with van der Waals surface area (Å²) in [5.41, 5.74) is 6.48. The van der Waals surface area contributed by atoms with Crippen LogP contribution in [-0.4, -0.2) is 12.5 Å². The highest BCUT2D eigenvalue weighted by Crippen LogP contribution is 2.31. The number of carbonyl (C=O) groups excluding carboxylic acids is 1. The molecule has 19 heavy (non-hydrogen) atoms. The van der Waals surface area contributed by atoms with Crippen molar-refractivity contribution in [2.45, 2.75) is 26.2 Å². The molecule has 3 nitrogen and oxygen atoms in total. The first-order valence-electron chi connectivity index (χ1n) is 6.50. The van der Waals surface area contributed by atoms with Crippen molar-refractivity contribution in [1.82, 2.24) is 5.32 Å². The number of nitrogen functional groups attached to an aromatic ring is 1. The Morgan fingerprint density at radius 1 is 1.42 bits per heavy atom. The lowest BCUT2D eigenvalue weighted by Crippen LogP contribution is -2.28. The molecule has 1 aliphatic rings. The molecular formula is C14H18Cl2N2O. The fourth-order valence-corrected chi connectivity index (χ4v) is 2.93. The van der Waals surface area contributed by atoms with Gasteiger partial charge in [-0.15, -0.1) is 0 Å². The van der Waals surface area contributed by atoms with Gasteiger partial charge in [0.1, 0.15) is 0 Å². The average molecular weight is 301 g/mol. The van der Waals surface area contributed by atoms with Crippen LogP contribution in [0, 0.1) is 11.8 Å². The van der Waals surface area contributed by atoms with Crippen molar-refractivity contribution in [3.63, 3.8) is 0 Å². The molecule has 0 heterocycles. The first-order chi connectivity index (χ1) is 8.97. The highest BCUT2D eigenvalue weighted by atomic mass is 35.5. The van der Waals surface area contributed by atoms with Crippen LogP contribution in [0.1, 0.15) is 36.5 Å². The quantitative estimate of drug-likeness (QED) is 0.836. The van der Waals surface area contributed by atoms with E-state index >= 15 is 0 Å². The van der Waals surface area contributed by atoms with E-state index in [1.165, 1.54) is 19.3 Å². The number of nitrogens with one attached hydrogen (secondary N) is 1. The van der Waals surface area contributed by atoms with E-state index in [9.17, 15) is 4.79 Å². The van der Waals surface area contributed by atoms with Crippen LogP contribution in [-0.2, 0) is 0 Å². The van der Waals surface area contributed by atoms with Crippen molar-refractivity contribution in [2.75, 3.05) is 12.3 Å². The van der Waals surface area contributed by atoms with Gasteiger partial charge < -0.3 is 11.1 Å². The van der Waals surface area contributed by atoms with Crippen molar-refractivity contribution in [3.05, 3.63) is 27.7 Å². The standard InChI is InChI=1S/C14H18Cl2N2O/c1-8-2-3-9(4-8)7-18-14(19)10-5-11(15)13(16)12(17)6-10/h5-6,8-9H,2-4,7,17H2,1H3,(H,18,19). The van der Waals surface area contributed by atoms with Crippen LogP contribution in [0.3, 0.4) is 0 Å². The molecule has 2 rings (SSSR count). The number of rotatable bonds is 3. The summed E-state index contributed by atoms with van der Waals surface area (Å²) in [6.07, 6.45) is 3.62. The van der Waals surface area contributed by atoms with Crippen molar-refractivity contribution in [1.29, 1.82) is 0 Å². The smallest absolute Gasteiger partial charge is 0.251 e. The second kappa shape index (κ2) is 6.02. The first-order valence-corrected chi connectivity index (χ1v) is 7.25. The van der Waals surface area contributed by atoms with Gasteiger partial charge in [-0.1, -0.05) is 36.5 Å². The monoisotopic (exact) mass is 300 g/mol. The van der Waals surface area contributed by atoms with Crippen LogP contribution >= 0.6 is 23.2 Å². The summed E-state index contributed by atoms with van der Waals surface area (Å²) in [5.74, 6) is 1.20. The van der Waals surface area contributed by atoms with Gasteiger partial charge in [-0.05, 0) is 36.8 Å². The molecule has 0 bridgehead atoms. The lowest BCUT2D eigenvalue weighted by atomic mass is 10.1. The molecular weight excluding hydrogens is 283 g/mol. The molecule has 1 fully saturated rings. The number of hydrogen-bond acceptors (Lipinski definition) is 2. The number of nitrogens with two attached hydrogens (primary N) is 1. The zero-order chi connectivity index (χ0) is 14.0. The highest BCUT2D eigenvalue weighted by Gasteiger charge is 2.22. The van der Waals surface area contributed by atoms with E-state index in [1.807, 2.05) is 0 Å². The molecule has 1 aliphatic carbocycles. The molecule has 0 saturated heterocycles. The van der Waals surface area contributed by atoms with Gasteiger partial charge >= 0.3 is 0 Å². The van der Waals surface area contributed by atoms with E-state index < -0.39 is 0 Å². The van der Waals surface area contributed by atoms with Gasteiger partial charge in [-0.25, -0.2) is 0 Å². The van der Waals surface area contributed by atoms with Crippen molar-refractivity contribution in [2.24, 2.45) is 11.8 Å². The van der Waals surface area contributed by atoms with Crippen molar-refractivity contribution in [3.8, 4) is 0 Å². The van der Waals surface area contributed by atoms with Crippen LogP contribution in [0.4, 0.5) is 5.69 Å². The zero-order valence-electron chi connectivity index (χ0n) is 10.9. The Kier molecular flexibility index (Phi) is 4.58. The largest absolute Gasteiger partial charge is 0.397 e. The predicted molar refractivity (Wildman–Crippen MR) is 79.7 cm³/mol. The number of amides is 1. The zero-order valence-corrected chi connectivity index (χ0v) is 12.4. The first kappa shape index (κ1) is 14.5. The molecule has 1 amide bonds. The van der Waals surface area contributed by atoms with E-state index in [1.54, 1.807) is 12.1 Å². The third-order valence-electron chi connectivity index (χ3n) is 3.67. The molecule has 5 heteroatoms. The van der Waals surface area contributed by atoms with Crippen LogP contribution in [0.2, 0.25) is 10.0 Å². The fourth-order valence-electron chi connectivity index (χ4n) is 2.59. The molecule has 0 aromatic heterocycles. The Balaban J connectivity index is 1.96. The summed E-state index contributed by atoms with van der Waals surface area (Å²) in [7, 11) is 0. The molecule has 2 atom stereocenters. The van der Waals surface area contributed by atoms with Crippen LogP contribution in [0.15, 0.2) is 12.1 Å². The molecule has 0 radical (unpaired) electrons. The van der Waals surface area contributed by atoms with Crippen LogP contribution in [0.5, 0.6) is 0 Å². The van der Waals surface area contributed by atoms with Gasteiger partial charge in [-0.3, -0.25) is 4.79 Å². The maximum absolute atomic E-state index is 12.0. The van der Waals surface area contributed by atoms with Gasteiger partial charge in [0.15, 0.2) is 0 Å². The van der Waals surface area contributed by atoms with E-state index in [-0.39, 0.29) is 5.91 Å². The third-order valence-corrected chi connectivity index (χ3v) is 4.49. The molecule has 1 aromatic rings. The van der Waals surface area contributed by atoms with Crippen molar-refractivity contribution < 1.29 is 4.79 Å². The summed E-state index contributed by atoms with van der Waals surface area (Å²) in [5, 5.41) is 3.54. The lowest BCUT2D eigenvalue weighted by molar-refractivity contribution is 0.0947. The molecule has 2 unspecified atom stereocenters. The minimum atomic E-state index is -0.148. The highest BCUT2D eigenvalue weighted by molar-refractivity contribution is 6.43. The summed E-state index contributed by atoms with van der Waals surface area (Å²) in [4.78, 5) is 12.0. The maximum atomic E-state index is 12.0. The second-order valence-electron chi connectivity index (χ2n) is 5.36. The minimum Gasteiger partial charge on any atom is -0.397 e. The van der Waals surface area contributed by atoms with Crippen LogP contribution < -0.4 is 11.1 Å². The van der Waals surface area contributed by atoms with Crippen molar-refractivity contribution >= 4 is 34.8 Å². The minimum absolute atomic E-state index is 0.148. The second-order valence-corrected chi connectivity index (χ2v) is 6.14. The summed E-state index contributed by atoms with van der Waals surface area (Å²) in [6, 6.07) is 3.10. The van der Waals surface area contributed by atoms with Gasteiger partial charge in [0.2, 0.25) is 0 Å². The number of hydrogen-bond donors (Lipinski definition) is 2. The molecule has 3 N–H and O–H groups in total. The van der Waals surface area contributed by atoms with Gasteiger partial charge in [0, 0.05) is 12.1 Å². The van der Waals surface area contributed by atoms with Gasteiger partial charge in [0.25, 0.3) is 5.91 Å². The Morgan fingerprint density at radius 2 is 2.16 bits per heavy atom. The average Bonchev–Trinajstić information content (AvgIpc) is 2.78. The van der Waals surface area contributed by atoms with E-state index in [4.69, 9.17) is 28.9 Å². The SMILES string of the molecule is CC1CCC(CNC(=O)c2cc(N)c(Cl)c(Cl)c2)C1. The number of halogens is 2. The summed E-state index contributed by atoms with van der Waals surface area (Å²) >= 11 is 11.8. The Morgan fingerprint density at radius 3 is 2.74 bits per heavy atom. The number of anilines is 1. The van der Waals surface area contributed by atoms with Crippen LogP contribution in [0.25, 0.3) is 0 Å². The number of benzene rings is 1. The molecule has 0 aliphatic heterocycles. The van der Waals surface area contributed by atoms with Gasteiger partial charge in [-0.2, -0.15) is 0 Å². The lowest BCUT2D eigenvalue weighted by Gasteiger charge is -2.12. The maximum Gasteiger partial charge on any atom is 0.251 e. The van der Waals surface area contributed by atoms with E-state index in [0.29, 0.717) is 33.8 Å². The van der Waals surface area contributed by atoms with Gasteiger partial charge in [0.05, 0.1) is 15.7 Å². The Hall–Kier alpha value is -0.930. The predicted octanol–water partition coefficient (Wildman–Crippen LogP) is 3.74. The molecule has 104 valence electrons. The Labute approximate surface area is 123 Å². The van der Waals surface area contributed by atoms with E-state index in [2.05, 4.69) is 12.2 Å². The fraction of sp³-hybridized carbons (Fsp3) is 0.500. The molecule has 0 spiro atoms. The van der Waals surface area contributed by atoms with E-state index in [0.717, 1.165) is 5.92 Å². The normalized spacial score (nSPS) is 22.5. The topological polar surface area (TPSA) is 55.1 Å². The Bertz CT molecular complexity index is 467. The number of carbonyl (C=O) groups is 1. The summed E-state index contributed by atoms with van der Waals surface area (Å²) in [6.45, 7) is 2.96. The molecule has 1 saturated carbocycles. The third kappa shape index (κ3) is 3.54. The molecule has 1 aromatic carbocycles.